The molecule has 3 heterocycles. The van der Waals surface area contributed by atoms with Gasteiger partial charge in [-0.2, -0.15) is 15.1 Å². The van der Waals surface area contributed by atoms with Gasteiger partial charge in [0, 0.05) is 18.0 Å². The predicted octanol–water partition coefficient (Wildman–Crippen LogP) is 4.05. The van der Waals surface area contributed by atoms with Crippen LogP contribution in [0.3, 0.4) is 0 Å². The van der Waals surface area contributed by atoms with Gasteiger partial charge in [0.1, 0.15) is 5.82 Å². The van der Waals surface area contributed by atoms with Crippen LogP contribution in [0.25, 0.3) is 11.0 Å². The van der Waals surface area contributed by atoms with E-state index in [4.69, 9.17) is 16.3 Å². The van der Waals surface area contributed by atoms with Crippen LogP contribution in [0.5, 0.6) is 0 Å². The number of aromatic nitrogens is 4. The molecule has 1 fully saturated rings. The maximum atomic E-state index is 11.5. The van der Waals surface area contributed by atoms with Gasteiger partial charge in [-0.25, -0.2) is 4.68 Å². The fourth-order valence-electron chi connectivity index (χ4n) is 3.13. The SMILES string of the molecule is C=CC(=O)Nc1cccc(Nc2nc(Cl)nc3c2cnn3C2CCCCO2)c1. The Morgan fingerprint density at radius 2 is 2.18 bits per heavy atom. The smallest absolute Gasteiger partial charge is 0.247 e. The van der Waals surface area contributed by atoms with Crippen LogP contribution in [0.4, 0.5) is 17.2 Å². The fraction of sp³-hybridized carbons (Fsp3) is 0.263. The van der Waals surface area contributed by atoms with Gasteiger partial charge in [0.05, 0.1) is 11.6 Å². The molecule has 8 nitrogen and oxygen atoms in total. The molecular weight excluding hydrogens is 380 g/mol. The monoisotopic (exact) mass is 398 g/mol. The summed E-state index contributed by atoms with van der Waals surface area (Å²) in [5, 5.41) is 11.3. The van der Waals surface area contributed by atoms with Crippen molar-refractivity contribution >= 4 is 45.7 Å². The Balaban J connectivity index is 1.66. The maximum Gasteiger partial charge on any atom is 0.247 e. The molecule has 0 aliphatic carbocycles. The van der Waals surface area contributed by atoms with Crippen molar-refractivity contribution in [1.29, 1.82) is 0 Å². The third-order valence-electron chi connectivity index (χ3n) is 4.43. The van der Waals surface area contributed by atoms with E-state index in [1.54, 1.807) is 23.0 Å². The number of rotatable bonds is 5. The summed E-state index contributed by atoms with van der Waals surface area (Å²) in [7, 11) is 0. The predicted molar refractivity (Wildman–Crippen MR) is 108 cm³/mol. The van der Waals surface area contributed by atoms with E-state index in [0.29, 0.717) is 23.8 Å². The molecule has 1 amide bonds. The molecule has 1 aliphatic heterocycles. The van der Waals surface area contributed by atoms with Crippen LogP contribution in [-0.2, 0) is 9.53 Å². The number of hydrogen-bond acceptors (Lipinski definition) is 6. The number of hydrogen-bond donors (Lipinski definition) is 2. The summed E-state index contributed by atoms with van der Waals surface area (Å²) in [5.74, 6) is 0.252. The summed E-state index contributed by atoms with van der Waals surface area (Å²) in [5.41, 5.74) is 1.99. The van der Waals surface area contributed by atoms with E-state index in [1.165, 1.54) is 6.08 Å². The van der Waals surface area contributed by atoms with Gasteiger partial charge in [-0.05, 0) is 55.1 Å². The lowest BCUT2D eigenvalue weighted by atomic mass is 10.2. The second-order valence-corrected chi connectivity index (χ2v) is 6.73. The Hall–Kier alpha value is -2.97. The summed E-state index contributed by atoms with van der Waals surface area (Å²) < 4.78 is 7.58. The highest BCUT2D eigenvalue weighted by Crippen LogP contribution is 2.30. The molecule has 0 spiro atoms. The highest BCUT2D eigenvalue weighted by atomic mass is 35.5. The van der Waals surface area contributed by atoms with E-state index < -0.39 is 0 Å². The van der Waals surface area contributed by atoms with Crippen LogP contribution in [0, 0.1) is 0 Å². The number of anilines is 3. The average Bonchev–Trinajstić information content (AvgIpc) is 3.13. The Morgan fingerprint density at radius 1 is 1.32 bits per heavy atom. The Morgan fingerprint density at radius 3 is 2.96 bits per heavy atom. The number of carbonyl (C=O) groups excluding carboxylic acids is 1. The van der Waals surface area contributed by atoms with Gasteiger partial charge in [0.2, 0.25) is 11.2 Å². The first kappa shape index (κ1) is 18.4. The molecule has 4 rings (SSSR count). The number of halogens is 1. The topological polar surface area (TPSA) is 94.0 Å². The van der Waals surface area contributed by atoms with Crippen LogP contribution in [0.15, 0.2) is 43.1 Å². The zero-order valence-corrected chi connectivity index (χ0v) is 15.8. The first-order valence-corrected chi connectivity index (χ1v) is 9.35. The minimum atomic E-state index is -0.279. The molecule has 3 aromatic rings. The van der Waals surface area contributed by atoms with Crippen molar-refractivity contribution in [1.82, 2.24) is 19.7 Å². The van der Waals surface area contributed by atoms with Crippen molar-refractivity contribution in [2.24, 2.45) is 0 Å². The molecule has 0 saturated carbocycles. The van der Waals surface area contributed by atoms with Crippen molar-refractivity contribution in [3.8, 4) is 0 Å². The molecular formula is C19H19ClN6O2. The summed E-state index contributed by atoms with van der Waals surface area (Å²) in [4.78, 5) is 20.2. The van der Waals surface area contributed by atoms with Gasteiger partial charge in [-0.15, -0.1) is 0 Å². The van der Waals surface area contributed by atoms with E-state index in [-0.39, 0.29) is 17.4 Å². The minimum absolute atomic E-state index is 0.115. The van der Waals surface area contributed by atoms with Gasteiger partial charge in [-0.3, -0.25) is 4.79 Å². The van der Waals surface area contributed by atoms with E-state index in [9.17, 15) is 4.79 Å². The molecule has 0 bridgehead atoms. The summed E-state index contributed by atoms with van der Waals surface area (Å²) >= 11 is 6.16. The van der Waals surface area contributed by atoms with Gasteiger partial charge in [0.25, 0.3) is 0 Å². The molecule has 1 unspecified atom stereocenters. The maximum absolute atomic E-state index is 11.5. The molecule has 1 saturated heterocycles. The number of carbonyl (C=O) groups is 1. The molecule has 1 atom stereocenters. The minimum Gasteiger partial charge on any atom is -0.356 e. The van der Waals surface area contributed by atoms with E-state index in [0.717, 1.165) is 30.3 Å². The Bertz CT molecular complexity index is 1030. The first-order chi connectivity index (χ1) is 13.6. The molecule has 1 aliphatic rings. The molecule has 0 radical (unpaired) electrons. The Labute approximate surface area is 166 Å². The van der Waals surface area contributed by atoms with Gasteiger partial charge in [0.15, 0.2) is 11.9 Å². The average molecular weight is 399 g/mol. The number of fused-ring (bicyclic) bond motifs is 1. The van der Waals surface area contributed by atoms with Crippen LogP contribution >= 0.6 is 11.6 Å². The van der Waals surface area contributed by atoms with Crippen molar-refractivity contribution in [2.75, 3.05) is 17.2 Å². The highest BCUT2D eigenvalue weighted by Gasteiger charge is 2.21. The van der Waals surface area contributed by atoms with Crippen LogP contribution in [0.2, 0.25) is 5.28 Å². The zero-order valence-electron chi connectivity index (χ0n) is 15.1. The number of nitrogens with zero attached hydrogens (tertiary/aromatic N) is 4. The largest absolute Gasteiger partial charge is 0.356 e. The standard InChI is InChI=1S/C19H19ClN6O2/c1-2-15(27)22-12-6-5-7-13(10-12)23-17-14-11-21-26(16-8-3-4-9-28-16)18(14)25-19(20)24-17/h2,5-7,10-11,16H,1,3-4,8-9H2,(H,22,27)(H,23,24,25). The molecule has 144 valence electrons. The molecule has 2 aromatic heterocycles. The van der Waals surface area contributed by atoms with Crippen molar-refractivity contribution in [3.63, 3.8) is 0 Å². The van der Waals surface area contributed by atoms with Crippen LogP contribution < -0.4 is 10.6 Å². The van der Waals surface area contributed by atoms with Crippen molar-refractivity contribution in [3.05, 3.63) is 48.4 Å². The normalized spacial score (nSPS) is 16.7. The number of benzene rings is 1. The molecule has 9 heteroatoms. The van der Waals surface area contributed by atoms with E-state index in [1.807, 2.05) is 12.1 Å². The second-order valence-electron chi connectivity index (χ2n) is 6.39. The van der Waals surface area contributed by atoms with Gasteiger partial charge in [-0.1, -0.05) is 12.6 Å². The number of ether oxygens (including phenoxy) is 1. The number of amides is 1. The first-order valence-electron chi connectivity index (χ1n) is 8.97. The fourth-order valence-corrected chi connectivity index (χ4v) is 3.29. The lowest BCUT2D eigenvalue weighted by molar-refractivity contribution is -0.111. The Kier molecular flexibility index (Phi) is 5.23. The highest BCUT2D eigenvalue weighted by molar-refractivity contribution is 6.28. The number of nitrogens with one attached hydrogen (secondary N) is 2. The zero-order chi connectivity index (χ0) is 19.5. The van der Waals surface area contributed by atoms with Gasteiger partial charge < -0.3 is 15.4 Å². The summed E-state index contributed by atoms with van der Waals surface area (Å²) in [6.45, 7) is 4.16. The molecule has 2 N–H and O–H groups in total. The lowest BCUT2D eigenvalue weighted by Gasteiger charge is -2.23. The van der Waals surface area contributed by atoms with E-state index in [2.05, 4.69) is 32.3 Å². The molecule has 28 heavy (non-hydrogen) atoms. The summed E-state index contributed by atoms with van der Waals surface area (Å²) in [6, 6.07) is 7.26. The van der Waals surface area contributed by atoms with Gasteiger partial charge >= 0.3 is 0 Å². The second kappa shape index (κ2) is 7.95. The third-order valence-corrected chi connectivity index (χ3v) is 4.60. The third kappa shape index (κ3) is 3.83. The van der Waals surface area contributed by atoms with Crippen molar-refractivity contribution < 1.29 is 9.53 Å². The summed E-state index contributed by atoms with van der Waals surface area (Å²) in [6.07, 6.45) is 5.79. The molecule has 1 aromatic carbocycles. The van der Waals surface area contributed by atoms with Crippen LogP contribution in [0.1, 0.15) is 25.5 Å². The van der Waals surface area contributed by atoms with Crippen LogP contribution in [-0.4, -0.2) is 32.3 Å². The van der Waals surface area contributed by atoms with Crippen molar-refractivity contribution in [2.45, 2.75) is 25.5 Å². The quantitative estimate of drug-likeness (QED) is 0.497. The lowest BCUT2D eigenvalue weighted by Crippen LogP contribution is -2.19. The van der Waals surface area contributed by atoms with E-state index >= 15 is 0 Å².